The van der Waals surface area contributed by atoms with Crippen molar-refractivity contribution in [2.24, 2.45) is 0 Å². The maximum atomic E-state index is 12.2. The first-order valence-corrected chi connectivity index (χ1v) is 9.11. The van der Waals surface area contributed by atoms with Gasteiger partial charge in [0.15, 0.2) is 0 Å². The minimum atomic E-state index is -3.10. The summed E-state index contributed by atoms with van der Waals surface area (Å²) in [6.07, 6.45) is -0.00419. The molecule has 0 aliphatic heterocycles. The third-order valence-electron chi connectivity index (χ3n) is 2.36. The Bertz CT molecular complexity index is 389. The van der Waals surface area contributed by atoms with Crippen molar-refractivity contribution in [1.29, 1.82) is 0 Å². The van der Waals surface area contributed by atoms with Gasteiger partial charge in [-0.3, -0.25) is 0 Å². The van der Waals surface area contributed by atoms with Crippen molar-refractivity contribution in [3.05, 3.63) is 35.9 Å². The first-order valence-electron chi connectivity index (χ1n) is 6.30. The summed E-state index contributed by atoms with van der Waals surface area (Å²) < 4.78 is 28.0. The zero-order valence-corrected chi connectivity index (χ0v) is 14.1. The van der Waals surface area contributed by atoms with E-state index in [2.05, 4.69) is 16.0 Å². The van der Waals surface area contributed by atoms with Gasteiger partial charge in [-0.15, -0.1) is 0 Å². The number of hydrogen-bond donors (Lipinski definition) is 0. The molecule has 0 aliphatic carbocycles. The van der Waals surface area contributed by atoms with Crippen molar-refractivity contribution < 1.29 is 18.3 Å². The molecule has 0 aromatic heterocycles. The summed E-state index contributed by atoms with van der Waals surface area (Å²) in [5, 5.41) is 0. The van der Waals surface area contributed by atoms with Crippen LogP contribution < -0.4 is 0 Å². The van der Waals surface area contributed by atoms with Gasteiger partial charge in [-0.25, -0.2) is 0 Å². The third kappa shape index (κ3) is 6.22. The number of ether oxygens (including phenoxy) is 1. The van der Waals surface area contributed by atoms with E-state index in [1.807, 2.05) is 30.3 Å². The Balaban J connectivity index is 2.42. The van der Waals surface area contributed by atoms with Gasteiger partial charge in [-0.2, -0.15) is 0 Å². The number of rotatable bonds is 9. The Labute approximate surface area is 123 Å². The van der Waals surface area contributed by atoms with E-state index in [-0.39, 0.29) is 11.2 Å². The molecule has 1 rings (SSSR count). The molecule has 0 bridgehead atoms. The van der Waals surface area contributed by atoms with Crippen molar-refractivity contribution >= 4 is 23.6 Å². The van der Waals surface area contributed by atoms with Crippen LogP contribution in [0.5, 0.6) is 0 Å². The van der Waals surface area contributed by atoms with Crippen LogP contribution in [-0.2, 0) is 18.3 Å². The van der Waals surface area contributed by atoms with Gasteiger partial charge in [0.25, 0.3) is 0 Å². The zero-order chi connectivity index (χ0) is 14.1. The molecule has 1 unspecified atom stereocenters. The SMILES string of the molecule is CCOP(=O)(COCC([SeH])c1ccccc1)OCC. The fourth-order valence-electron chi connectivity index (χ4n) is 1.55. The second-order valence-electron chi connectivity index (χ2n) is 3.87. The molecule has 108 valence electrons. The van der Waals surface area contributed by atoms with E-state index in [1.165, 1.54) is 5.56 Å². The minimum absolute atomic E-state index is 0.00419. The molecule has 0 fully saturated rings. The average molecular weight is 351 g/mol. The molecule has 1 aromatic carbocycles. The topological polar surface area (TPSA) is 44.8 Å². The first kappa shape index (κ1) is 16.9. The second kappa shape index (κ2) is 8.91. The van der Waals surface area contributed by atoms with Crippen LogP contribution in [0.15, 0.2) is 30.3 Å². The van der Waals surface area contributed by atoms with E-state index >= 15 is 0 Å². The van der Waals surface area contributed by atoms with Gasteiger partial charge < -0.3 is 0 Å². The normalized spacial score (nSPS) is 13.4. The van der Waals surface area contributed by atoms with Crippen molar-refractivity contribution in [3.8, 4) is 0 Å². The second-order valence-corrected chi connectivity index (χ2v) is 7.18. The molecule has 19 heavy (non-hydrogen) atoms. The number of benzene rings is 1. The van der Waals surface area contributed by atoms with Crippen molar-refractivity contribution in [3.63, 3.8) is 0 Å². The Morgan fingerprint density at radius 1 is 1.16 bits per heavy atom. The molecule has 0 aliphatic rings. The third-order valence-corrected chi connectivity index (χ3v) is 5.10. The predicted molar refractivity (Wildman–Crippen MR) is 78.0 cm³/mol. The van der Waals surface area contributed by atoms with Crippen molar-refractivity contribution in [1.82, 2.24) is 0 Å². The molecular weight excluding hydrogens is 330 g/mol. The summed E-state index contributed by atoms with van der Waals surface area (Å²) in [5.74, 6) is 0. The van der Waals surface area contributed by atoms with E-state index < -0.39 is 7.60 Å². The van der Waals surface area contributed by atoms with E-state index in [0.717, 1.165) is 0 Å². The van der Waals surface area contributed by atoms with Crippen molar-refractivity contribution in [2.75, 3.05) is 26.2 Å². The molecule has 0 amide bonds. The summed E-state index contributed by atoms with van der Waals surface area (Å²) in [4.78, 5) is 0.186. The van der Waals surface area contributed by atoms with Crippen LogP contribution in [0, 0.1) is 0 Å². The van der Waals surface area contributed by atoms with E-state index in [1.54, 1.807) is 13.8 Å². The molecule has 0 saturated heterocycles. The Hall–Kier alpha value is -0.151. The molecule has 1 aromatic rings. The molecular formula is C13H21O4PSe. The first-order chi connectivity index (χ1) is 9.11. The van der Waals surface area contributed by atoms with Crippen LogP contribution in [0.25, 0.3) is 0 Å². The van der Waals surface area contributed by atoms with E-state index in [4.69, 9.17) is 13.8 Å². The summed E-state index contributed by atoms with van der Waals surface area (Å²) in [5.41, 5.74) is 1.17. The van der Waals surface area contributed by atoms with Gasteiger partial charge in [-0.1, -0.05) is 0 Å². The van der Waals surface area contributed by atoms with E-state index in [9.17, 15) is 4.57 Å². The van der Waals surface area contributed by atoms with Gasteiger partial charge >= 0.3 is 123 Å². The van der Waals surface area contributed by atoms with Gasteiger partial charge in [-0.05, 0) is 0 Å². The monoisotopic (exact) mass is 352 g/mol. The zero-order valence-electron chi connectivity index (χ0n) is 11.3. The molecule has 0 saturated carbocycles. The van der Waals surface area contributed by atoms with Crippen molar-refractivity contribution in [2.45, 2.75) is 18.7 Å². The van der Waals surface area contributed by atoms with Crippen LogP contribution >= 0.6 is 7.60 Å². The van der Waals surface area contributed by atoms with Gasteiger partial charge in [0.1, 0.15) is 0 Å². The van der Waals surface area contributed by atoms with Crippen LogP contribution in [0.4, 0.5) is 0 Å². The quantitative estimate of drug-likeness (QED) is 0.507. The molecule has 0 heterocycles. The fourth-order valence-corrected chi connectivity index (χ4v) is 3.47. The van der Waals surface area contributed by atoms with Gasteiger partial charge in [0.2, 0.25) is 0 Å². The number of hydrogen-bond acceptors (Lipinski definition) is 4. The van der Waals surface area contributed by atoms with E-state index in [0.29, 0.717) is 19.8 Å². The van der Waals surface area contributed by atoms with Gasteiger partial charge in [0, 0.05) is 0 Å². The molecule has 0 N–H and O–H groups in total. The van der Waals surface area contributed by atoms with Crippen LogP contribution in [0.2, 0.25) is 0 Å². The van der Waals surface area contributed by atoms with Crippen LogP contribution in [0.1, 0.15) is 24.2 Å². The van der Waals surface area contributed by atoms with Gasteiger partial charge in [0.05, 0.1) is 0 Å². The summed E-state index contributed by atoms with van der Waals surface area (Å²) in [7, 11) is -3.10. The summed E-state index contributed by atoms with van der Waals surface area (Å²) in [6, 6.07) is 10.0. The maximum absolute atomic E-state index is 12.2. The average Bonchev–Trinajstić information content (AvgIpc) is 2.40. The predicted octanol–water partition coefficient (Wildman–Crippen LogP) is 2.87. The standard InChI is InChI=1S/C13H21O4PSe/c1-3-16-18(14,17-4-2)11-15-10-13(19)12-8-6-5-7-9-12/h5-9,13,19H,3-4,10-11H2,1-2H3. The molecule has 4 nitrogen and oxygen atoms in total. The van der Waals surface area contributed by atoms with Crippen LogP contribution in [0.3, 0.4) is 0 Å². The van der Waals surface area contributed by atoms with Crippen LogP contribution in [-0.4, -0.2) is 42.2 Å². The Morgan fingerprint density at radius 3 is 2.26 bits per heavy atom. The Kier molecular flexibility index (Phi) is 7.93. The Morgan fingerprint density at radius 2 is 1.74 bits per heavy atom. The summed E-state index contributed by atoms with van der Waals surface area (Å²) in [6.45, 7) is 4.74. The summed E-state index contributed by atoms with van der Waals surface area (Å²) >= 11 is 2.56. The molecule has 0 radical (unpaired) electrons. The molecule has 1 atom stereocenters. The molecule has 6 heteroatoms. The molecule has 0 spiro atoms. The fraction of sp³-hybridized carbons (Fsp3) is 0.538.